The van der Waals surface area contributed by atoms with E-state index in [9.17, 15) is 0 Å². The Bertz CT molecular complexity index is 438. The number of hydrogen-bond acceptors (Lipinski definition) is 2. The van der Waals surface area contributed by atoms with Crippen molar-refractivity contribution in [1.82, 2.24) is 0 Å². The van der Waals surface area contributed by atoms with E-state index in [4.69, 9.17) is 22.1 Å². The lowest BCUT2D eigenvalue weighted by molar-refractivity contribution is 0.357. The van der Waals surface area contributed by atoms with E-state index in [-0.39, 0.29) is 11.5 Å². The SMILES string of the molecule is CC(N)C1(c2cc(Cl)c3c(c2)CCO3)CC1. The van der Waals surface area contributed by atoms with Crippen molar-refractivity contribution in [3.05, 3.63) is 28.3 Å². The fraction of sp³-hybridized carbons (Fsp3) is 0.538. The van der Waals surface area contributed by atoms with Gasteiger partial charge in [0.15, 0.2) is 0 Å². The lowest BCUT2D eigenvalue weighted by Gasteiger charge is -2.21. The third kappa shape index (κ3) is 1.36. The van der Waals surface area contributed by atoms with Crippen LogP contribution in [0.1, 0.15) is 30.9 Å². The molecular weight excluding hydrogens is 222 g/mol. The molecule has 1 saturated carbocycles. The van der Waals surface area contributed by atoms with Crippen LogP contribution >= 0.6 is 11.6 Å². The van der Waals surface area contributed by atoms with Gasteiger partial charge in [-0.1, -0.05) is 17.7 Å². The normalized spacial score (nSPS) is 22.4. The van der Waals surface area contributed by atoms with Gasteiger partial charge < -0.3 is 10.5 Å². The molecule has 1 aliphatic heterocycles. The predicted molar refractivity (Wildman–Crippen MR) is 65.2 cm³/mol. The highest BCUT2D eigenvalue weighted by Crippen LogP contribution is 2.52. The number of ether oxygens (including phenoxy) is 1. The number of hydrogen-bond donors (Lipinski definition) is 1. The summed E-state index contributed by atoms with van der Waals surface area (Å²) in [6, 6.07) is 4.48. The maximum Gasteiger partial charge on any atom is 0.141 e. The molecule has 3 heteroatoms. The van der Waals surface area contributed by atoms with Crippen LogP contribution in [0, 0.1) is 0 Å². The monoisotopic (exact) mass is 237 g/mol. The van der Waals surface area contributed by atoms with Crippen molar-refractivity contribution in [2.45, 2.75) is 37.6 Å². The molecular formula is C13H16ClNO. The zero-order chi connectivity index (χ0) is 11.3. The minimum Gasteiger partial charge on any atom is -0.491 e. The van der Waals surface area contributed by atoms with Crippen LogP contribution < -0.4 is 10.5 Å². The van der Waals surface area contributed by atoms with Crippen molar-refractivity contribution in [2.24, 2.45) is 5.73 Å². The summed E-state index contributed by atoms with van der Waals surface area (Å²) in [5.74, 6) is 0.880. The summed E-state index contributed by atoms with van der Waals surface area (Å²) < 4.78 is 5.51. The van der Waals surface area contributed by atoms with E-state index in [2.05, 4.69) is 13.0 Å². The maximum absolute atomic E-state index is 6.25. The summed E-state index contributed by atoms with van der Waals surface area (Å²) in [6.45, 7) is 2.84. The van der Waals surface area contributed by atoms with E-state index in [1.807, 2.05) is 6.07 Å². The van der Waals surface area contributed by atoms with Crippen LogP contribution in [0.25, 0.3) is 0 Å². The highest BCUT2D eigenvalue weighted by atomic mass is 35.5. The Morgan fingerprint density at radius 2 is 2.19 bits per heavy atom. The van der Waals surface area contributed by atoms with Crippen LogP contribution in [0.3, 0.4) is 0 Å². The third-order valence-corrected chi connectivity index (χ3v) is 4.25. The van der Waals surface area contributed by atoms with Gasteiger partial charge in [0.05, 0.1) is 11.6 Å². The Kier molecular flexibility index (Phi) is 2.20. The number of halogens is 1. The molecule has 0 radical (unpaired) electrons. The quantitative estimate of drug-likeness (QED) is 0.858. The van der Waals surface area contributed by atoms with Gasteiger partial charge in [-0.2, -0.15) is 0 Å². The van der Waals surface area contributed by atoms with Crippen LogP contribution in [-0.2, 0) is 11.8 Å². The Balaban J connectivity index is 2.07. The number of fused-ring (bicyclic) bond motifs is 1. The minimum atomic E-state index is 0.182. The molecule has 2 N–H and O–H groups in total. The van der Waals surface area contributed by atoms with Crippen molar-refractivity contribution < 1.29 is 4.74 Å². The van der Waals surface area contributed by atoms with Crippen LogP contribution in [0.4, 0.5) is 0 Å². The first-order valence-corrected chi connectivity index (χ1v) is 6.22. The van der Waals surface area contributed by atoms with Gasteiger partial charge in [-0.3, -0.25) is 0 Å². The van der Waals surface area contributed by atoms with E-state index in [0.717, 1.165) is 23.8 Å². The van der Waals surface area contributed by atoms with Crippen LogP contribution in [0.15, 0.2) is 12.1 Å². The van der Waals surface area contributed by atoms with E-state index < -0.39 is 0 Å². The molecule has 1 aromatic rings. The summed E-state index contributed by atoms with van der Waals surface area (Å²) in [7, 11) is 0. The average Bonchev–Trinajstić information content (AvgIpc) is 2.92. The number of nitrogens with two attached hydrogens (primary N) is 1. The first kappa shape index (κ1) is 10.4. The second kappa shape index (κ2) is 3.38. The standard InChI is InChI=1S/C13H16ClNO/c1-8(15)13(3-4-13)10-6-9-2-5-16-12(9)11(14)7-10/h6-8H,2-5,15H2,1H3. The van der Waals surface area contributed by atoms with Gasteiger partial charge in [0, 0.05) is 17.9 Å². The molecule has 2 nitrogen and oxygen atoms in total. The third-order valence-electron chi connectivity index (χ3n) is 3.97. The molecule has 0 bridgehead atoms. The second-order valence-corrected chi connectivity index (χ2v) is 5.40. The van der Waals surface area contributed by atoms with E-state index >= 15 is 0 Å². The van der Waals surface area contributed by atoms with Gasteiger partial charge in [-0.05, 0) is 37.0 Å². The fourth-order valence-corrected chi connectivity index (χ4v) is 2.98. The molecule has 0 aromatic heterocycles. The van der Waals surface area contributed by atoms with Gasteiger partial charge in [-0.25, -0.2) is 0 Å². The molecule has 0 amide bonds. The predicted octanol–water partition coefficient (Wildman–Crippen LogP) is 2.65. The molecule has 1 unspecified atom stereocenters. The minimum absolute atomic E-state index is 0.182. The topological polar surface area (TPSA) is 35.2 Å². The molecule has 16 heavy (non-hydrogen) atoms. The molecule has 1 heterocycles. The van der Waals surface area contributed by atoms with Gasteiger partial charge in [-0.15, -0.1) is 0 Å². The van der Waals surface area contributed by atoms with Crippen molar-refractivity contribution in [3.63, 3.8) is 0 Å². The van der Waals surface area contributed by atoms with Crippen molar-refractivity contribution in [3.8, 4) is 5.75 Å². The second-order valence-electron chi connectivity index (χ2n) is 4.99. The molecule has 0 saturated heterocycles. The molecule has 1 aliphatic carbocycles. The molecule has 0 spiro atoms. The highest BCUT2D eigenvalue weighted by Gasteiger charge is 2.47. The largest absolute Gasteiger partial charge is 0.491 e. The smallest absolute Gasteiger partial charge is 0.141 e. The zero-order valence-electron chi connectivity index (χ0n) is 9.42. The Morgan fingerprint density at radius 1 is 1.44 bits per heavy atom. The van der Waals surface area contributed by atoms with Crippen molar-refractivity contribution in [1.29, 1.82) is 0 Å². The lowest BCUT2D eigenvalue weighted by Crippen LogP contribution is -2.31. The van der Waals surface area contributed by atoms with Gasteiger partial charge in [0.2, 0.25) is 0 Å². The Hall–Kier alpha value is -0.730. The van der Waals surface area contributed by atoms with Gasteiger partial charge in [0.25, 0.3) is 0 Å². The molecule has 2 aliphatic rings. The molecule has 1 fully saturated rings. The average molecular weight is 238 g/mol. The summed E-state index contributed by atoms with van der Waals surface area (Å²) in [6.07, 6.45) is 3.33. The van der Waals surface area contributed by atoms with Crippen molar-refractivity contribution in [2.75, 3.05) is 6.61 Å². The lowest BCUT2D eigenvalue weighted by atomic mass is 9.88. The first-order chi connectivity index (χ1) is 7.63. The van der Waals surface area contributed by atoms with Crippen LogP contribution in [0.2, 0.25) is 5.02 Å². The fourth-order valence-electron chi connectivity index (χ4n) is 2.69. The highest BCUT2D eigenvalue weighted by molar-refractivity contribution is 6.32. The summed E-state index contributed by atoms with van der Waals surface area (Å²) in [5.41, 5.74) is 8.81. The first-order valence-electron chi connectivity index (χ1n) is 5.85. The maximum atomic E-state index is 6.25. The summed E-state index contributed by atoms with van der Waals surface area (Å²) in [4.78, 5) is 0. The van der Waals surface area contributed by atoms with Crippen molar-refractivity contribution >= 4 is 11.6 Å². The van der Waals surface area contributed by atoms with E-state index in [1.54, 1.807) is 0 Å². The van der Waals surface area contributed by atoms with Crippen LogP contribution in [-0.4, -0.2) is 12.6 Å². The number of rotatable bonds is 2. The molecule has 1 atom stereocenters. The number of benzene rings is 1. The Labute approximate surface area is 101 Å². The summed E-state index contributed by atoms with van der Waals surface area (Å²) in [5, 5.41) is 0.747. The summed E-state index contributed by atoms with van der Waals surface area (Å²) >= 11 is 6.25. The molecule has 1 aromatic carbocycles. The van der Waals surface area contributed by atoms with E-state index in [1.165, 1.54) is 24.0 Å². The molecule has 86 valence electrons. The van der Waals surface area contributed by atoms with E-state index in [0.29, 0.717) is 0 Å². The molecule has 3 rings (SSSR count). The van der Waals surface area contributed by atoms with Gasteiger partial charge >= 0.3 is 0 Å². The zero-order valence-corrected chi connectivity index (χ0v) is 10.2. The van der Waals surface area contributed by atoms with Crippen LogP contribution in [0.5, 0.6) is 5.75 Å². The van der Waals surface area contributed by atoms with Gasteiger partial charge in [0.1, 0.15) is 5.75 Å². The Morgan fingerprint density at radius 3 is 2.81 bits per heavy atom.